The van der Waals surface area contributed by atoms with E-state index in [1.807, 2.05) is 12.1 Å². The Morgan fingerprint density at radius 3 is 2.64 bits per heavy atom. The molecule has 0 atom stereocenters. The number of fused-ring (bicyclic) bond motifs is 1. The Labute approximate surface area is 139 Å². The zero-order chi connectivity index (χ0) is 15.9. The van der Waals surface area contributed by atoms with Gasteiger partial charge < -0.3 is 14.8 Å². The Hall–Kier alpha value is -2.10. The predicted molar refractivity (Wildman–Crippen MR) is 86.8 cm³/mol. The minimum Gasteiger partial charge on any atom is -0.419 e. The third kappa shape index (κ3) is 2.65. The minimum atomic E-state index is -1.25. The number of ether oxygens (including phenoxy) is 2. The van der Waals surface area contributed by atoms with Crippen molar-refractivity contribution in [2.45, 2.75) is 19.6 Å². The van der Waals surface area contributed by atoms with Gasteiger partial charge in [-0.25, -0.2) is 9.59 Å². The number of cyclic esters (lactones) is 2. The van der Waals surface area contributed by atoms with E-state index in [4.69, 9.17) is 9.47 Å². The second kappa shape index (κ2) is 5.27. The Morgan fingerprint density at radius 2 is 1.95 bits per heavy atom. The van der Waals surface area contributed by atoms with Crippen LogP contribution in [-0.2, 0) is 19.1 Å². The van der Waals surface area contributed by atoms with Gasteiger partial charge in [0.2, 0.25) is 0 Å². The summed E-state index contributed by atoms with van der Waals surface area (Å²) >= 11 is 2.14. The lowest BCUT2D eigenvalue weighted by Gasteiger charge is -2.29. The molecule has 2 aromatic rings. The van der Waals surface area contributed by atoms with Gasteiger partial charge in [-0.3, -0.25) is 5.10 Å². The SMILES string of the molecule is CC1(C)OC(=O)C(=CNc2cccc3c(I)[nH]nc23)C(=O)O1. The molecule has 0 radical (unpaired) electrons. The lowest BCUT2D eigenvalue weighted by molar-refractivity contribution is -0.222. The summed E-state index contributed by atoms with van der Waals surface area (Å²) in [4.78, 5) is 23.7. The molecule has 0 saturated carbocycles. The lowest BCUT2D eigenvalue weighted by atomic mass is 10.2. The van der Waals surface area contributed by atoms with Gasteiger partial charge in [0.05, 0.1) is 5.69 Å². The molecule has 0 bridgehead atoms. The van der Waals surface area contributed by atoms with Gasteiger partial charge in [0.15, 0.2) is 5.57 Å². The van der Waals surface area contributed by atoms with E-state index in [1.165, 1.54) is 20.0 Å². The van der Waals surface area contributed by atoms with Gasteiger partial charge in [0.1, 0.15) is 9.22 Å². The molecular formula is C14H12IN3O4. The van der Waals surface area contributed by atoms with E-state index in [-0.39, 0.29) is 5.57 Å². The second-order valence-electron chi connectivity index (χ2n) is 5.12. The summed E-state index contributed by atoms with van der Waals surface area (Å²) in [5, 5.41) is 10.9. The van der Waals surface area contributed by atoms with Crippen molar-refractivity contribution in [1.29, 1.82) is 0 Å². The fourth-order valence-electron chi connectivity index (χ4n) is 2.05. The first kappa shape index (κ1) is 14.8. The topological polar surface area (TPSA) is 93.3 Å². The molecule has 2 heterocycles. The number of halogens is 1. The van der Waals surface area contributed by atoms with E-state index in [9.17, 15) is 9.59 Å². The van der Waals surface area contributed by atoms with Gasteiger partial charge in [0, 0.05) is 25.4 Å². The molecule has 3 rings (SSSR count). The molecule has 1 saturated heterocycles. The Kier molecular flexibility index (Phi) is 3.55. The first-order valence-corrected chi connectivity index (χ1v) is 7.51. The van der Waals surface area contributed by atoms with Crippen molar-refractivity contribution < 1.29 is 19.1 Å². The van der Waals surface area contributed by atoms with Crippen LogP contribution in [0.4, 0.5) is 5.69 Å². The molecule has 0 aliphatic carbocycles. The van der Waals surface area contributed by atoms with Crippen LogP contribution in [0.5, 0.6) is 0 Å². The summed E-state index contributed by atoms with van der Waals surface area (Å²) in [5.41, 5.74) is 1.18. The average molecular weight is 413 g/mol. The highest BCUT2D eigenvalue weighted by Crippen LogP contribution is 2.26. The summed E-state index contributed by atoms with van der Waals surface area (Å²) in [7, 11) is 0. The zero-order valence-corrected chi connectivity index (χ0v) is 13.9. The quantitative estimate of drug-likeness (QED) is 0.340. The minimum absolute atomic E-state index is 0.193. The molecule has 1 aliphatic rings. The molecule has 22 heavy (non-hydrogen) atoms. The van der Waals surface area contributed by atoms with Crippen molar-refractivity contribution in [3.63, 3.8) is 0 Å². The third-order valence-electron chi connectivity index (χ3n) is 3.03. The summed E-state index contributed by atoms with van der Waals surface area (Å²) < 4.78 is 11.0. The molecule has 0 unspecified atom stereocenters. The molecule has 114 valence electrons. The van der Waals surface area contributed by atoms with E-state index >= 15 is 0 Å². The molecule has 1 aliphatic heterocycles. The summed E-state index contributed by atoms with van der Waals surface area (Å²) in [6.07, 6.45) is 1.27. The molecule has 1 aromatic carbocycles. The lowest BCUT2D eigenvalue weighted by Crippen LogP contribution is -2.42. The first-order valence-electron chi connectivity index (χ1n) is 6.43. The van der Waals surface area contributed by atoms with Gasteiger partial charge in [-0.05, 0) is 34.7 Å². The van der Waals surface area contributed by atoms with E-state index in [0.717, 1.165) is 9.09 Å². The highest BCUT2D eigenvalue weighted by Gasteiger charge is 2.38. The Morgan fingerprint density at radius 1 is 1.27 bits per heavy atom. The van der Waals surface area contributed by atoms with E-state index < -0.39 is 17.7 Å². The summed E-state index contributed by atoms with van der Waals surface area (Å²) in [6.45, 7) is 3.00. The summed E-state index contributed by atoms with van der Waals surface area (Å²) in [6, 6.07) is 5.56. The fourth-order valence-corrected chi connectivity index (χ4v) is 2.61. The average Bonchev–Trinajstić information content (AvgIpc) is 2.79. The van der Waals surface area contributed by atoms with Crippen molar-refractivity contribution in [3.05, 3.63) is 33.7 Å². The molecule has 7 nitrogen and oxygen atoms in total. The number of aromatic nitrogens is 2. The van der Waals surface area contributed by atoms with Gasteiger partial charge in [-0.1, -0.05) is 6.07 Å². The van der Waals surface area contributed by atoms with E-state index in [1.54, 1.807) is 6.07 Å². The van der Waals surface area contributed by atoms with Crippen LogP contribution < -0.4 is 5.32 Å². The highest BCUT2D eigenvalue weighted by molar-refractivity contribution is 14.1. The van der Waals surface area contributed by atoms with Crippen LogP contribution in [0.2, 0.25) is 0 Å². The van der Waals surface area contributed by atoms with Crippen LogP contribution in [-0.4, -0.2) is 27.9 Å². The monoisotopic (exact) mass is 413 g/mol. The van der Waals surface area contributed by atoms with Gasteiger partial charge >= 0.3 is 11.9 Å². The largest absolute Gasteiger partial charge is 0.419 e. The molecule has 0 spiro atoms. The third-order valence-corrected chi connectivity index (χ3v) is 3.85. The Balaban J connectivity index is 1.90. The van der Waals surface area contributed by atoms with Crippen LogP contribution in [0.3, 0.4) is 0 Å². The maximum atomic E-state index is 11.9. The van der Waals surface area contributed by atoms with Crippen LogP contribution in [0.25, 0.3) is 10.9 Å². The van der Waals surface area contributed by atoms with Crippen molar-refractivity contribution >= 4 is 51.1 Å². The van der Waals surface area contributed by atoms with Crippen molar-refractivity contribution in [1.82, 2.24) is 10.2 Å². The molecule has 0 amide bonds. The molecule has 2 N–H and O–H groups in total. The number of hydrogen-bond acceptors (Lipinski definition) is 6. The number of H-pyrrole nitrogens is 1. The highest BCUT2D eigenvalue weighted by atomic mass is 127. The normalized spacial score (nSPS) is 17.1. The molecular weight excluding hydrogens is 401 g/mol. The number of rotatable bonds is 2. The van der Waals surface area contributed by atoms with Crippen LogP contribution >= 0.6 is 22.6 Å². The number of carbonyl (C=O) groups is 2. The molecule has 1 fully saturated rings. The zero-order valence-electron chi connectivity index (χ0n) is 11.8. The second-order valence-corrected chi connectivity index (χ2v) is 6.20. The number of hydrogen-bond donors (Lipinski definition) is 2. The van der Waals surface area contributed by atoms with Crippen molar-refractivity contribution in [2.24, 2.45) is 0 Å². The number of anilines is 1. The smallest absolute Gasteiger partial charge is 0.350 e. The number of aromatic amines is 1. The number of carbonyl (C=O) groups excluding carboxylic acids is 2. The van der Waals surface area contributed by atoms with Crippen LogP contribution in [0.1, 0.15) is 13.8 Å². The maximum Gasteiger partial charge on any atom is 0.350 e. The van der Waals surface area contributed by atoms with Gasteiger partial charge in [-0.15, -0.1) is 0 Å². The summed E-state index contributed by atoms with van der Waals surface area (Å²) in [5.74, 6) is -2.70. The van der Waals surface area contributed by atoms with Crippen molar-refractivity contribution in [2.75, 3.05) is 5.32 Å². The fraction of sp³-hybridized carbons (Fsp3) is 0.214. The first-order chi connectivity index (χ1) is 10.4. The Bertz CT molecular complexity index is 788. The van der Waals surface area contributed by atoms with Gasteiger partial charge in [-0.2, -0.15) is 5.10 Å². The number of para-hydroxylation sites is 1. The number of nitrogens with zero attached hydrogens (tertiary/aromatic N) is 1. The van der Waals surface area contributed by atoms with Gasteiger partial charge in [0.25, 0.3) is 5.79 Å². The van der Waals surface area contributed by atoms with E-state index in [2.05, 4.69) is 38.1 Å². The number of benzene rings is 1. The predicted octanol–water partition coefficient (Wildman–Crippen LogP) is 2.30. The molecule has 1 aromatic heterocycles. The molecule has 8 heteroatoms. The number of nitrogens with one attached hydrogen (secondary N) is 2. The van der Waals surface area contributed by atoms with Crippen LogP contribution in [0, 0.1) is 3.70 Å². The van der Waals surface area contributed by atoms with Crippen molar-refractivity contribution in [3.8, 4) is 0 Å². The standard InChI is InChI=1S/C14H12IN3O4/c1-14(2)21-12(19)8(13(20)22-14)6-16-9-5-3-4-7-10(9)17-18-11(7)15/h3-6,16H,1-2H3,(H,17,18). The van der Waals surface area contributed by atoms with E-state index in [0.29, 0.717) is 11.2 Å². The van der Waals surface area contributed by atoms with Crippen LogP contribution in [0.15, 0.2) is 30.0 Å². The number of esters is 2. The maximum absolute atomic E-state index is 11.9.